The van der Waals surface area contributed by atoms with Crippen LogP contribution in [0.5, 0.6) is 0 Å². The van der Waals surface area contributed by atoms with Crippen LogP contribution in [0.1, 0.15) is 0 Å². The number of piperazine rings is 1. The summed E-state index contributed by atoms with van der Waals surface area (Å²) in [6.07, 6.45) is 3.41. The van der Waals surface area contributed by atoms with Gasteiger partial charge in [0, 0.05) is 55.9 Å². The first-order chi connectivity index (χ1) is 12.3. The SMILES string of the molecule is O=c1cc(-c2ccncc2)nc(N2CCN(c3ccccc3)CC2)[nH]1. The summed E-state index contributed by atoms with van der Waals surface area (Å²) in [4.78, 5) is 28.1. The lowest BCUT2D eigenvalue weighted by Gasteiger charge is -2.36. The number of hydrogen-bond acceptors (Lipinski definition) is 5. The lowest BCUT2D eigenvalue weighted by molar-refractivity contribution is 0.639. The van der Waals surface area contributed by atoms with Crippen LogP contribution < -0.4 is 15.4 Å². The predicted molar refractivity (Wildman–Crippen MR) is 99.0 cm³/mol. The number of rotatable bonds is 3. The number of hydrogen-bond donors (Lipinski definition) is 1. The van der Waals surface area contributed by atoms with E-state index in [0.29, 0.717) is 11.6 Å². The fraction of sp³-hybridized carbons (Fsp3) is 0.211. The summed E-state index contributed by atoms with van der Waals surface area (Å²) >= 11 is 0. The van der Waals surface area contributed by atoms with Crippen molar-refractivity contribution < 1.29 is 0 Å². The maximum Gasteiger partial charge on any atom is 0.252 e. The van der Waals surface area contributed by atoms with Gasteiger partial charge in [-0.3, -0.25) is 14.8 Å². The number of aromatic amines is 1. The van der Waals surface area contributed by atoms with Crippen LogP contribution in [0.2, 0.25) is 0 Å². The number of nitrogens with zero attached hydrogens (tertiary/aromatic N) is 4. The van der Waals surface area contributed by atoms with Crippen LogP contribution in [-0.2, 0) is 0 Å². The summed E-state index contributed by atoms with van der Waals surface area (Å²) < 4.78 is 0. The van der Waals surface area contributed by atoms with Crippen molar-refractivity contribution >= 4 is 11.6 Å². The number of nitrogens with one attached hydrogen (secondary N) is 1. The van der Waals surface area contributed by atoms with Crippen molar-refractivity contribution in [3.05, 3.63) is 71.3 Å². The average molecular weight is 333 g/mol. The van der Waals surface area contributed by atoms with Gasteiger partial charge >= 0.3 is 0 Å². The number of pyridine rings is 1. The molecular formula is C19H19N5O. The molecule has 0 bridgehead atoms. The van der Waals surface area contributed by atoms with Gasteiger partial charge in [0.1, 0.15) is 0 Å². The summed E-state index contributed by atoms with van der Waals surface area (Å²) in [5.74, 6) is 0.632. The summed E-state index contributed by atoms with van der Waals surface area (Å²) in [5, 5.41) is 0. The number of benzene rings is 1. The normalized spacial score (nSPS) is 14.6. The molecule has 4 rings (SSSR count). The Bertz CT molecular complexity index is 886. The zero-order valence-corrected chi connectivity index (χ0v) is 13.8. The highest BCUT2D eigenvalue weighted by atomic mass is 16.1. The molecule has 126 valence electrons. The van der Waals surface area contributed by atoms with Gasteiger partial charge in [0.15, 0.2) is 0 Å². The van der Waals surface area contributed by atoms with Crippen LogP contribution in [0.15, 0.2) is 65.7 Å². The number of H-pyrrole nitrogens is 1. The van der Waals surface area contributed by atoms with Gasteiger partial charge in [0.25, 0.3) is 5.56 Å². The van der Waals surface area contributed by atoms with Gasteiger partial charge in [-0.1, -0.05) is 18.2 Å². The van der Waals surface area contributed by atoms with Gasteiger partial charge in [-0.25, -0.2) is 4.98 Å². The van der Waals surface area contributed by atoms with E-state index in [9.17, 15) is 4.79 Å². The third-order valence-electron chi connectivity index (χ3n) is 4.41. The van der Waals surface area contributed by atoms with E-state index in [1.165, 1.54) is 11.8 Å². The zero-order valence-electron chi connectivity index (χ0n) is 13.8. The molecule has 0 unspecified atom stereocenters. The molecule has 1 aliphatic heterocycles. The molecule has 6 heteroatoms. The molecule has 1 aromatic carbocycles. The smallest absolute Gasteiger partial charge is 0.252 e. The van der Waals surface area contributed by atoms with Crippen LogP contribution in [0.25, 0.3) is 11.3 Å². The number of para-hydroxylation sites is 1. The first-order valence-electron chi connectivity index (χ1n) is 8.36. The molecule has 0 atom stereocenters. The van der Waals surface area contributed by atoms with E-state index in [2.05, 4.69) is 49.0 Å². The van der Waals surface area contributed by atoms with Crippen LogP contribution in [-0.4, -0.2) is 41.1 Å². The third-order valence-corrected chi connectivity index (χ3v) is 4.41. The van der Waals surface area contributed by atoms with E-state index in [1.807, 2.05) is 18.2 Å². The van der Waals surface area contributed by atoms with E-state index in [1.54, 1.807) is 12.4 Å². The quantitative estimate of drug-likeness (QED) is 0.796. The van der Waals surface area contributed by atoms with Crippen molar-refractivity contribution in [1.29, 1.82) is 0 Å². The highest BCUT2D eigenvalue weighted by Gasteiger charge is 2.19. The highest BCUT2D eigenvalue weighted by Crippen LogP contribution is 2.20. The lowest BCUT2D eigenvalue weighted by Crippen LogP contribution is -2.47. The molecule has 1 fully saturated rings. The van der Waals surface area contributed by atoms with Gasteiger partial charge in [0.2, 0.25) is 5.95 Å². The number of anilines is 2. The Kier molecular flexibility index (Phi) is 4.16. The topological polar surface area (TPSA) is 65.1 Å². The van der Waals surface area contributed by atoms with Crippen LogP contribution in [0.3, 0.4) is 0 Å². The van der Waals surface area contributed by atoms with Gasteiger partial charge in [0.05, 0.1) is 5.69 Å². The fourth-order valence-corrected chi connectivity index (χ4v) is 3.08. The van der Waals surface area contributed by atoms with E-state index in [4.69, 9.17) is 0 Å². The second-order valence-corrected chi connectivity index (χ2v) is 6.00. The summed E-state index contributed by atoms with van der Waals surface area (Å²) in [7, 11) is 0. The highest BCUT2D eigenvalue weighted by molar-refractivity contribution is 5.59. The summed E-state index contributed by atoms with van der Waals surface area (Å²) in [6.45, 7) is 3.43. The number of aromatic nitrogens is 3. The van der Waals surface area contributed by atoms with Crippen molar-refractivity contribution in [2.45, 2.75) is 0 Å². The Morgan fingerprint density at radius 3 is 2.28 bits per heavy atom. The molecule has 3 heterocycles. The first kappa shape index (κ1) is 15.4. The van der Waals surface area contributed by atoms with E-state index in [0.717, 1.165) is 31.7 Å². The summed E-state index contributed by atoms with van der Waals surface area (Å²) in [5.41, 5.74) is 2.66. The van der Waals surface area contributed by atoms with Gasteiger partial charge in [-0.15, -0.1) is 0 Å². The molecule has 0 radical (unpaired) electrons. The van der Waals surface area contributed by atoms with Crippen LogP contribution >= 0.6 is 0 Å². The minimum Gasteiger partial charge on any atom is -0.368 e. The van der Waals surface area contributed by atoms with Gasteiger partial charge in [-0.05, 0) is 24.3 Å². The summed E-state index contributed by atoms with van der Waals surface area (Å²) in [6, 6.07) is 15.6. The third kappa shape index (κ3) is 3.38. The standard InChI is InChI=1S/C19H19N5O/c25-18-14-17(15-6-8-20-9-7-15)21-19(22-18)24-12-10-23(11-13-24)16-4-2-1-3-5-16/h1-9,14H,10-13H2,(H,21,22,25). The first-order valence-corrected chi connectivity index (χ1v) is 8.36. The van der Waals surface area contributed by atoms with Gasteiger partial charge in [-0.2, -0.15) is 0 Å². The van der Waals surface area contributed by atoms with Crippen molar-refractivity contribution in [3.63, 3.8) is 0 Å². The molecule has 25 heavy (non-hydrogen) atoms. The largest absolute Gasteiger partial charge is 0.368 e. The molecular weight excluding hydrogens is 314 g/mol. The van der Waals surface area contributed by atoms with Crippen molar-refractivity contribution in [3.8, 4) is 11.3 Å². The second-order valence-electron chi connectivity index (χ2n) is 6.00. The van der Waals surface area contributed by atoms with Crippen molar-refractivity contribution in [2.75, 3.05) is 36.0 Å². The molecule has 1 N–H and O–H groups in total. The maximum atomic E-state index is 12.1. The zero-order chi connectivity index (χ0) is 17.1. The molecule has 6 nitrogen and oxygen atoms in total. The molecule has 0 amide bonds. The van der Waals surface area contributed by atoms with E-state index >= 15 is 0 Å². The average Bonchev–Trinajstić information content (AvgIpc) is 2.69. The molecule has 1 saturated heterocycles. The lowest BCUT2D eigenvalue weighted by atomic mass is 10.2. The monoisotopic (exact) mass is 333 g/mol. The van der Waals surface area contributed by atoms with Crippen molar-refractivity contribution in [1.82, 2.24) is 15.0 Å². The molecule has 2 aromatic heterocycles. The fourth-order valence-electron chi connectivity index (χ4n) is 3.08. The molecule has 0 aliphatic carbocycles. The van der Waals surface area contributed by atoms with Crippen LogP contribution in [0, 0.1) is 0 Å². The van der Waals surface area contributed by atoms with E-state index < -0.39 is 0 Å². The Balaban J connectivity index is 1.53. The van der Waals surface area contributed by atoms with Crippen LogP contribution in [0.4, 0.5) is 11.6 Å². The Morgan fingerprint density at radius 2 is 1.56 bits per heavy atom. The minimum absolute atomic E-state index is 0.137. The Labute approximate surface area is 145 Å². The van der Waals surface area contributed by atoms with Crippen molar-refractivity contribution in [2.24, 2.45) is 0 Å². The molecule has 3 aromatic rings. The molecule has 0 saturated carbocycles. The Hall–Kier alpha value is -3.15. The van der Waals surface area contributed by atoms with Gasteiger partial charge < -0.3 is 9.80 Å². The van der Waals surface area contributed by atoms with E-state index in [-0.39, 0.29) is 5.56 Å². The Morgan fingerprint density at radius 1 is 0.880 bits per heavy atom. The second kappa shape index (κ2) is 6.76. The molecule has 0 spiro atoms. The molecule has 1 aliphatic rings. The predicted octanol–water partition coefficient (Wildman–Crippen LogP) is 2.16. The minimum atomic E-state index is -0.137. The maximum absolute atomic E-state index is 12.1.